The summed E-state index contributed by atoms with van der Waals surface area (Å²) in [5.41, 5.74) is -0.744. The summed E-state index contributed by atoms with van der Waals surface area (Å²) in [6.07, 6.45) is -7.51. The summed E-state index contributed by atoms with van der Waals surface area (Å²) < 4.78 is 15.6. The molecule has 0 saturated carbocycles. The van der Waals surface area contributed by atoms with Crippen molar-refractivity contribution in [3.63, 3.8) is 0 Å². The molecular formula is C15H16O9. The Kier molecular flexibility index (Phi) is 4.43. The fourth-order valence-electron chi connectivity index (χ4n) is 2.49. The lowest BCUT2D eigenvalue weighted by Crippen LogP contribution is -2.60. The number of aliphatic hydroxyl groups is 4. The molecule has 130 valence electrons. The normalized spacial score (nSPS) is 30.4. The molecule has 0 spiro atoms. The molecule has 1 aliphatic heterocycles. The van der Waals surface area contributed by atoms with Crippen LogP contribution in [0.1, 0.15) is 0 Å². The van der Waals surface area contributed by atoms with Gasteiger partial charge < -0.3 is 39.4 Å². The van der Waals surface area contributed by atoms with Crippen LogP contribution >= 0.6 is 0 Å². The lowest BCUT2D eigenvalue weighted by Gasteiger charge is -2.39. The van der Waals surface area contributed by atoms with Crippen molar-refractivity contribution in [2.24, 2.45) is 0 Å². The second-order valence-electron chi connectivity index (χ2n) is 5.40. The molecule has 2 heterocycles. The Morgan fingerprint density at radius 2 is 1.75 bits per heavy atom. The number of aromatic hydroxyl groups is 1. The Morgan fingerprint density at radius 1 is 1.04 bits per heavy atom. The zero-order chi connectivity index (χ0) is 17.4. The molecule has 5 N–H and O–H groups in total. The molecule has 1 aromatic heterocycles. The largest absolute Gasteiger partial charge is 0.504 e. The SMILES string of the molecule is O=c1ccc2ccc(O)c(O[C@H]3O[C@H](CO)[C@@H](O)[C@H](O)[C@H]3O)c2o1. The summed E-state index contributed by atoms with van der Waals surface area (Å²) in [6.45, 7) is -0.624. The number of benzene rings is 1. The van der Waals surface area contributed by atoms with E-state index in [0.717, 1.165) is 0 Å². The minimum absolute atomic E-state index is 0.0699. The highest BCUT2D eigenvalue weighted by Gasteiger charge is 2.45. The number of hydrogen-bond acceptors (Lipinski definition) is 9. The van der Waals surface area contributed by atoms with Gasteiger partial charge >= 0.3 is 5.63 Å². The van der Waals surface area contributed by atoms with Crippen molar-refractivity contribution in [1.29, 1.82) is 0 Å². The first-order valence-corrected chi connectivity index (χ1v) is 7.15. The smallest absolute Gasteiger partial charge is 0.336 e. The fraction of sp³-hybridized carbons (Fsp3) is 0.400. The van der Waals surface area contributed by atoms with Gasteiger partial charge in [0.1, 0.15) is 24.4 Å². The third-order valence-corrected chi connectivity index (χ3v) is 3.81. The van der Waals surface area contributed by atoms with Crippen LogP contribution in [0, 0.1) is 0 Å². The second kappa shape index (κ2) is 6.38. The quantitative estimate of drug-likeness (QED) is 0.429. The van der Waals surface area contributed by atoms with E-state index < -0.39 is 42.9 Å². The molecule has 0 amide bonds. The maximum absolute atomic E-state index is 11.4. The summed E-state index contributed by atoms with van der Waals surface area (Å²) in [5.74, 6) is -0.650. The predicted octanol–water partition coefficient (Wildman–Crippen LogP) is -1.32. The van der Waals surface area contributed by atoms with Gasteiger partial charge in [-0.2, -0.15) is 0 Å². The minimum atomic E-state index is -1.66. The van der Waals surface area contributed by atoms with E-state index in [9.17, 15) is 25.2 Å². The van der Waals surface area contributed by atoms with E-state index >= 15 is 0 Å². The van der Waals surface area contributed by atoms with Gasteiger partial charge in [-0.15, -0.1) is 0 Å². The van der Waals surface area contributed by atoms with Gasteiger partial charge in [-0.25, -0.2) is 4.79 Å². The molecule has 1 aromatic carbocycles. The van der Waals surface area contributed by atoms with Crippen molar-refractivity contribution in [2.75, 3.05) is 6.61 Å². The number of ether oxygens (including phenoxy) is 2. The van der Waals surface area contributed by atoms with Crippen molar-refractivity contribution in [2.45, 2.75) is 30.7 Å². The second-order valence-corrected chi connectivity index (χ2v) is 5.40. The number of phenolic OH excluding ortho intramolecular Hbond substituents is 1. The van der Waals surface area contributed by atoms with Crippen LogP contribution in [0.4, 0.5) is 0 Å². The number of phenols is 1. The van der Waals surface area contributed by atoms with Crippen LogP contribution in [0.2, 0.25) is 0 Å². The summed E-state index contributed by atoms with van der Waals surface area (Å²) in [7, 11) is 0. The monoisotopic (exact) mass is 340 g/mol. The first-order valence-electron chi connectivity index (χ1n) is 7.15. The van der Waals surface area contributed by atoms with Crippen molar-refractivity contribution < 1.29 is 39.4 Å². The highest BCUT2D eigenvalue weighted by molar-refractivity contribution is 5.85. The van der Waals surface area contributed by atoms with Gasteiger partial charge in [0.2, 0.25) is 12.0 Å². The van der Waals surface area contributed by atoms with Gasteiger partial charge in [-0.3, -0.25) is 0 Å². The van der Waals surface area contributed by atoms with Gasteiger partial charge in [0, 0.05) is 11.5 Å². The number of hydrogen-bond donors (Lipinski definition) is 5. The first-order chi connectivity index (χ1) is 11.4. The Balaban J connectivity index is 1.98. The van der Waals surface area contributed by atoms with Gasteiger partial charge in [-0.05, 0) is 18.2 Å². The summed E-state index contributed by atoms with van der Waals surface area (Å²) in [6, 6.07) is 5.44. The highest BCUT2D eigenvalue weighted by atomic mass is 16.7. The first kappa shape index (κ1) is 16.7. The number of fused-ring (bicyclic) bond motifs is 1. The maximum atomic E-state index is 11.4. The average molecular weight is 340 g/mol. The lowest BCUT2D eigenvalue weighted by atomic mass is 9.99. The molecule has 0 radical (unpaired) electrons. The van der Waals surface area contributed by atoms with Crippen LogP contribution < -0.4 is 10.4 Å². The molecule has 1 aliphatic rings. The number of aliphatic hydroxyl groups excluding tert-OH is 4. The van der Waals surface area contributed by atoms with Gasteiger partial charge in [0.25, 0.3) is 0 Å². The molecule has 5 atom stereocenters. The molecule has 9 heteroatoms. The van der Waals surface area contributed by atoms with Crippen molar-refractivity contribution in [3.05, 3.63) is 34.7 Å². The Morgan fingerprint density at radius 3 is 2.46 bits per heavy atom. The van der Waals surface area contributed by atoms with E-state index in [-0.39, 0.29) is 17.1 Å². The fourth-order valence-corrected chi connectivity index (χ4v) is 2.49. The van der Waals surface area contributed by atoms with E-state index in [2.05, 4.69) is 0 Å². The Hall–Kier alpha value is -2.17. The van der Waals surface area contributed by atoms with Crippen LogP contribution in [-0.4, -0.2) is 62.8 Å². The van der Waals surface area contributed by atoms with Gasteiger partial charge in [-0.1, -0.05) is 0 Å². The van der Waals surface area contributed by atoms with Crippen LogP contribution in [0.3, 0.4) is 0 Å². The molecule has 9 nitrogen and oxygen atoms in total. The topological polar surface area (TPSA) is 150 Å². The third kappa shape index (κ3) is 2.83. The van der Waals surface area contributed by atoms with E-state index in [1.54, 1.807) is 0 Å². The van der Waals surface area contributed by atoms with Crippen LogP contribution in [0.15, 0.2) is 33.5 Å². The summed E-state index contributed by atoms with van der Waals surface area (Å²) in [5, 5.41) is 49.1. The van der Waals surface area contributed by atoms with Crippen LogP contribution in [0.5, 0.6) is 11.5 Å². The Labute approximate surface area is 134 Å². The van der Waals surface area contributed by atoms with Crippen molar-refractivity contribution >= 4 is 11.0 Å². The zero-order valence-corrected chi connectivity index (χ0v) is 12.3. The Bertz CT molecular complexity index is 784. The summed E-state index contributed by atoms with van der Waals surface area (Å²) >= 11 is 0. The van der Waals surface area contributed by atoms with E-state index in [1.807, 2.05) is 0 Å². The molecule has 3 rings (SSSR count). The van der Waals surface area contributed by atoms with Crippen molar-refractivity contribution in [1.82, 2.24) is 0 Å². The standard InChI is InChI=1S/C15H16O9/c16-5-8-10(19)11(20)12(21)15(22-8)24-14-7(17)3-1-6-2-4-9(18)23-13(6)14/h1-4,8,10-12,15-17,19-21H,5H2/t8-,10-,11+,12-,15-/m1/s1. The summed E-state index contributed by atoms with van der Waals surface area (Å²) in [4.78, 5) is 11.4. The molecule has 0 aliphatic carbocycles. The third-order valence-electron chi connectivity index (χ3n) is 3.81. The van der Waals surface area contributed by atoms with Crippen LogP contribution in [0.25, 0.3) is 11.0 Å². The minimum Gasteiger partial charge on any atom is -0.504 e. The molecular weight excluding hydrogens is 324 g/mol. The van der Waals surface area contributed by atoms with Crippen molar-refractivity contribution in [3.8, 4) is 11.5 Å². The van der Waals surface area contributed by atoms with E-state index in [0.29, 0.717) is 5.39 Å². The highest BCUT2D eigenvalue weighted by Crippen LogP contribution is 2.36. The molecule has 0 unspecified atom stereocenters. The number of rotatable bonds is 3. The predicted molar refractivity (Wildman–Crippen MR) is 78.5 cm³/mol. The zero-order valence-electron chi connectivity index (χ0n) is 12.3. The molecule has 2 aromatic rings. The molecule has 0 bridgehead atoms. The molecule has 1 fully saturated rings. The molecule has 24 heavy (non-hydrogen) atoms. The average Bonchev–Trinajstić information content (AvgIpc) is 2.57. The lowest BCUT2D eigenvalue weighted by molar-refractivity contribution is -0.277. The van der Waals surface area contributed by atoms with E-state index in [4.69, 9.17) is 19.0 Å². The maximum Gasteiger partial charge on any atom is 0.336 e. The van der Waals surface area contributed by atoms with Gasteiger partial charge in [0.15, 0.2) is 11.3 Å². The van der Waals surface area contributed by atoms with Gasteiger partial charge in [0.05, 0.1) is 6.61 Å². The van der Waals surface area contributed by atoms with Crippen LogP contribution in [-0.2, 0) is 4.74 Å². The molecule has 1 saturated heterocycles. The van der Waals surface area contributed by atoms with E-state index in [1.165, 1.54) is 24.3 Å².